The summed E-state index contributed by atoms with van der Waals surface area (Å²) in [7, 11) is -6.45. The molecule has 0 unspecified atom stereocenters. The average molecular weight is 479 g/mol. The third-order valence-corrected chi connectivity index (χ3v) is 8.43. The minimum atomic E-state index is -3.94. The Hall–Kier alpha value is -2.55. The number of sulfonamides is 2. The van der Waals surface area contributed by atoms with Crippen LogP contribution in [0.3, 0.4) is 0 Å². The zero-order valence-corrected chi connectivity index (χ0v) is 19.9. The Bertz CT molecular complexity index is 1340. The molecule has 0 aliphatic rings. The van der Waals surface area contributed by atoms with Gasteiger partial charge in [0, 0.05) is 17.8 Å². The molecular weight excluding hydrogens is 456 g/mol. The van der Waals surface area contributed by atoms with Gasteiger partial charge in [-0.05, 0) is 79.9 Å². The lowest BCUT2D eigenvalue weighted by atomic mass is 10.1. The Morgan fingerprint density at radius 1 is 0.839 bits per heavy atom. The van der Waals surface area contributed by atoms with Gasteiger partial charge in [0.2, 0.25) is 0 Å². The second-order valence-electron chi connectivity index (χ2n) is 7.31. The van der Waals surface area contributed by atoms with Crippen LogP contribution in [0.1, 0.15) is 16.7 Å². The van der Waals surface area contributed by atoms with E-state index in [-0.39, 0.29) is 15.5 Å². The van der Waals surface area contributed by atoms with E-state index in [0.29, 0.717) is 21.8 Å². The first-order valence-corrected chi connectivity index (χ1v) is 12.7. The van der Waals surface area contributed by atoms with E-state index in [1.165, 1.54) is 37.4 Å². The van der Waals surface area contributed by atoms with Crippen LogP contribution >= 0.6 is 11.6 Å². The summed E-state index contributed by atoms with van der Waals surface area (Å²) < 4.78 is 56.0. The maximum Gasteiger partial charge on any atom is 0.264 e. The van der Waals surface area contributed by atoms with Gasteiger partial charge in [0.1, 0.15) is 0 Å². The molecule has 31 heavy (non-hydrogen) atoms. The van der Waals surface area contributed by atoms with Crippen molar-refractivity contribution >= 4 is 43.0 Å². The van der Waals surface area contributed by atoms with E-state index in [1.54, 1.807) is 38.1 Å². The minimum absolute atomic E-state index is 0.00719. The summed E-state index contributed by atoms with van der Waals surface area (Å²) in [6.45, 7) is 5.28. The van der Waals surface area contributed by atoms with Gasteiger partial charge in [-0.1, -0.05) is 29.8 Å². The molecule has 0 aliphatic heterocycles. The largest absolute Gasteiger partial charge is 0.280 e. The summed E-state index contributed by atoms with van der Waals surface area (Å²) in [6, 6.07) is 15.9. The Morgan fingerprint density at radius 2 is 1.48 bits per heavy atom. The van der Waals surface area contributed by atoms with Crippen LogP contribution in [0.5, 0.6) is 0 Å². The van der Waals surface area contributed by atoms with Crippen molar-refractivity contribution in [2.24, 2.45) is 0 Å². The number of halogens is 1. The number of nitrogens with zero attached hydrogens (tertiary/aromatic N) is 1. The first-order chi connectivity index (χ1) is 14.4. The van der Waals surface area contributed by atoms with Crippen LogP contribution in [-0.2, 0) is 20.0 Å². The molecule has 0 saturated heterocycles. The van der Waals surface area contributed by atoms with E-state index >= 15 is 0 Å². The van der Waals surface area contributed by atoms with Crippen LogP contribution in [0.4, 0.5) is 11.4 Å². The lowest BCUT2D eigenvalue weighted by molar-refractivity contribution is 0.593. The normalized spacial score (nSPS) is 11.9. The third-order valence-electron chi connectivity index (χ3n) is 4.86. The van der Waals surface area contributed by atoms with Crippen LogP contribution < -0.4 is 9.03 Å². The first kappa shape index (κ1) is 23.1. The van der Waals surface area contributed by atoms with Gasteiger partial charge in [0.15, 0.2) is 0 Å². The average Bonchev–Trinajstić information content (AvgIpc) is 2.67. The van der Waals surface area contributed by atoms with Gasteiger partial charge >= 0.3 is 0 Å². The summed E-state index contributed by atoms with van der Waals surface area (Å²) in [5.41, 5.74) is 2.76. The van der Waals surface area contributed by atoms with Gasteiger partial charge in [0.05, 0.1) is 15.5 Å². The fourth-order valence-corrected chi connectivity index (χ4v) is 5.94. The van der Waals surface area contributed by atoms with Crippen molar-refractivity contribution in [2.75, 3.05) is 16.1 Å². The Labute approximate surface area is 188 Å². The minimum Gasteiger partial charge on any atom is -0.280 e. The van der Waals surface area contributed by atoms with E-state index in [4.69, 9.17) is 11.6 Å². The molecule has 0 heterocycles. The molecule has 164 valence electrons. The molecule has 9 heteroatoms. The molecule has 0 spiro atoms. The van der Waals surface area contributed by atoms with Crippen molar-refractivity contribution in [3.05, 3.63) is 82.4 Å². The lowest BCUT2D eigenvalue weighted by Crippen LogP contribution is -2.27. The molecule has 6 nitrogen and oxygen atoms in total. The Morgan fingerprint density at radius 3 is 2.10 bits per heavy atom. The molecule has 0 saturated carbocycles. The van der Waals surface area contributed by atoms with Gasteiger partial charge < -0.3 is 0 Å². The van der Waals surface area contributed by atoms with Gasteiger partial charge in [-0.3, -0.25) is 9.03 Å². The van der Waals surface area contributed by atoms with E-state index in [1.807, 2.05) is 13.0 Å². The van der Waals surface area contributed by atoms with Gasteiger partial charge in [-0.2, -0.15) is 0 Å². The molecule has 0 aliphatic carbocycles. The lowest BCUT2D eigenvalue weighted by Gasteiger charge is -2.23. The fourth-order valence-electron chi connectivity index (χ4n) is 3.26. The van der Waals surface area contributed by atoms with E-state index < -0.39 is 20.0 Å². The highest BCUT2D eigenvalue weighted by molar-refractivity contribution is 7.93. The van der Waals surface area contributed by atoms with Crippen LogP contribution in [-0.4, -0.2) is 23.9 Å². The van der Waals surface area contributed by atoms with Crippen molar-refractivity contribution in [1.29, 1.82) is 0 Å². The molecule has 0 amide bonds. The number of anilines is 2. The topological polar surface area (TPSA) is 83.6 Å². The summed E-state index contributed by atoms with van der Waals surface area (Å²) >= 11 is 5.87. The summed E-state index contributed by atoms with van der Waals surface area (Å²) in [5, 5.41) is 0.420. The van der Waals surface area contributed by atoms with Crippen molar-refractivity contribution in [1.82, 2.24) is 0 Å². The van der Waals surface area contributed by atoms with Crippen molar-refractivity contribution in [3.8, 4) is 0 Å². The smallest absolute Gasteiger partial charge is 0.264 e. The monoisotopic (exact) mass is 478 g/mol. The number of aryl methyl sites for hydroxylation is 3. The zero-order chi connectivity index (χ0) is 23.0. The quantitative estimate of drug-likeness (QED) is 0.546. The molecule has 0 fully saturated rings. The van der Waals surface area contributed by atoms with Gasteiger partial charge in [0.25, 0.3) is 20.0 Å². The molecule has 0 bridgehead atoms. The van der Waals surface area contributed by atoms with Gasteiger partial charge in [-0.15, -0.1) is 0 Å². The van der Waals surface area contributed by atoms with Crippen LogP contribution in [0.25, 0.3) is 0 Å². The second kappa shape index (κ2) is 8.53. The molecule has 3 aromatic carbocycles. The predicted molar refractivity (Wildman–Crippen MR) is 125 cm³/mol. The Balaban J connectivity index is 2.05. The molecule has 3 aromatic rings. The SMILES string of the molecule is Cc1cccc(NS(=O)(=O)c2cc(N(C)S(=O)(=O)c3ccc(Cl)cc3)c(C)cc2C)c1. The predicted octanol–water partition coefficient (Wildman–Crippen LogP) is 4.89. The molecule has 1 N–H and O–H groups in total. The highest BCUT2D eigenvalue weighted by Crippen LogP contribution is 2.31. The molecule has 0 atom stereocenters. The van der Waals surface area contributed by atoms with Crippen molar-refractivity contribution in [2.45, 2.75) is 30.6 Å². The fraction of sp³-hybridized carbons (Fsp3) is 0.182. The molecule has 0 aromatic heterocycles. The van der Waals surface area contributed by atoms with Crippen molar-refractivity contribution in [3.63, 3.8) is 0 Å². The Kier molecular flexibility index (Phi) is 6.36. The second-order valence-corrected chi connectivity index (χ2v) is 11.4. The number of hydrogen-bond donors (Lipinski definition) is 1. The molecule has 0 radical (unpaired) electrons. The maximum atomic E-state index is 13.1. The first-order valence-electron chi connectivity index (χ1n) is 9.37. The van der Waals surface area contributed by atoms with Crippen molar-refractivity contribution < 1.29 is 16.8 Å². The van der Waals surface area contributed by atoms with Gasteiger partial charge in [-0.25, -0.2) is 16.8 Å². The highest BCUT2D eigenvalue weighted by atomic mass is 35.5. The summed E-state index contributed by atoms with van der Waals surface area (Å²) in [6.07, 6.45) is 0. The number of hydrogen-bond acceptors (Lipinski definition) is 4. The number of rotatable bonds is 6. The van der Waals surface area contributed by atoms with E-state index in [9.17, 15) is 16.8 Å². The standard InChI is InChI=1S/C22H23ClN2O4S2/c1-15-6-5-7-19(12-15)24-30(26,27)22-14-21(16(2)13-17(22)3)25(4)31(28,29)20-10-8-18(23)9-11-20/h5-14,24H,1-4H3. The highest BCUT2D eigenvalue weighted by Gasteiger charge is 2.26. The zero-order valence-electron chi connectivity index (χ0n) is 17.5. The maximum absolute atomic E-state index is 13.1. The number of nitrogens with one attached hydrogen (secondary N) is 1. The summed E-state index contributed by atoms with van der Waals surface area (Å²) in [4.78, 5) is 0.0643. The van der Waals surface area contributed by atoms with E-state index in [0.717, 1.165) is 9.87 Å². The summed E-state index contributed by atoms with van der Waals surface area (Å²) in [5.74, 6) is 0. The number of benzene rings is 3. The van der Waals surface area contributed by atoms with Crippen LogP contribution in [0.15, 0.2) is 70.5 Å². The van der Waals surface area contributed by atoms with E-state index in [2.05, 4.69) is 4.72 Å². The van der Waals surface area contributed by atoms with Crippen LogP contribution in [0, 0.1) is 20.8 Å². The molecular formula is C22H23ClN2O4S2. The molecule has 3 rings (SSSR count). The van der Waals surface area contributed by atoms with Crippen LogP contribution in [0.2, 0.25) is 5.02 Å². The third kappa shape index (κ3) is 4.87.